The third kappa shape index (κ3) is 2.93. The second-order valence-electron chi connectivity index (χ2n) is 3.56. The number of hydrogen-bond acceptors (Lipinski definition) is 2. The monoisotopic (exact) mass is 210 g/mol. The lowest BCUT2D eigenvalue weighted by Gasteiger charge is -2.22. The maximum absolute atomic E-state index is 13.5. The Morgan fingerprint density at radius 1 is 1.33 bits per heavy atom. The maximum atomic E-state index is 13.5. The Kier molecular flexibility index (Phi) is 4.56. The van der Waals surface area contributed by atoms with Gasteiger partial charge in [-0.15, -0.1) is 0 Å². The van der Waals surface area contributed by atoms with E-state index in [1.165, 1.54) is 0 Å². The van der Waals surface area contributed by atoms with E-state index in [1.54, 1.807) is 12.1 Å². The number of nitrogens with zero attached hydrogens (tertiary/aromatic N) is 1. The first-order chi connectivity index (χ1) is 7.22. The Morgan fingerprint density at radius 3 is 2.53 bits per heavy atom. The Bertz CT molecular complexity index is 312. The molecule has 0 spiro atoms. The average molecular weight is 210 g/mol. The summed E-state index contributed by atoms with van der Waals surface area (Å²) < 4.78 is 13.5. The predicted octanol–water partition coefficient (Wildman–Crippen LogP) is 2.52. The number of hydrogen-bond donors (Lipinski definition) is 1. The van der Waals surface area contributed by atoms with Gasteiger partial charge in [-0.05, 0) is 25.5 Å². The zero-order valence-electron chi connectivity index (χ0n) is 9.46. The highest BCUT2D eigenvalue weighted by Crippen LogP contribution is 2.18. The van der Waals surface area contributed by atoms with Crippen molar-refractivity contribution < 1.29 is 4.39 Å². The summed E-state index contributed by atoms with van der Waals surface area (Å²) in [4.78, 5) is 2.16. The van der Waals surface area contributed by atoms with Gasteiger partial charge in [0.1, 0.15) is 5.82 Å². The molecule has 0 unspecified atom stereocenters. The third-order valence-electron chi connectivity index (χ3n) is 2.50. The van der Waals surface area contributed by atoms with E-state index < -0.39 is 0 Å². The van der Waals surface area contributed by atoms with E-state index in [0.717, 1.165) is 25.2 Å². The lowest BCUT2D eigenvalue weighted by atomic mass is 10.1. The first-order valence-electron chi connectivity index (χ1n) is 5.46. The van der Waals surface area contributed by atoms with E-state index in [1.807, 2.05) is 6.07 Å². The van der Waals surface area contributed by atoms with Crippen LogP contribution >= 0.6 is 0 Å². The van der Waals surface area contributed by atoms with Gasteiger partial charge in [-0.2, -0.15) is 0 Å². The van der Waals surface area contributed by atoms with Gasteiger partial charge in [-0.3, -0.25) is 0 Å². The molecule has 0 atom stereocenters. The molecule has 0 saturated carbocycles. The lowest BCUT2D eigenvalue weighted by Crippen LogP contribution is -2.23. The van der Waals surface area contributed by atoms with Crippen molar-refractivity contribution in [1.82, 2.24) is 0 Å². The molecular weight excluding hydrogens is 191 g/mol. The Balaban J connectivity index is 2.89. The molecule has 0 bridgehead atoms. The molecule has 0 heterocycles. The lowest BCUT2D eigenvalue weighted by molar-refractivity contribution is 0.609. The molecule has 1 rings (SSSR count). The summed E-state index contributed by atoms with van der Waals surface area (Å²) in [5.41, 5.74) is 6.93. The van der Waals surface area contributed by atoms with Crippen LogP contribution in [0, 0.1) is 5.82 Å². The Labute approximate surface area is 90.9 Å². The highest BCUT2D eigenvalue weighted by Gasteiger charge is 2.06. The van der Waals surface area contributed by atoms with Crippen LogP contribution in [0.15, 0.2) is 18.2 Å². The van der Waals surface area contributed by atoms with Crippen LogP contribution in [0.3, 0.4) is 0 Å². The van der Waals surface area contributed by atoms with Crippen LogP contribution in [-0.2, 0) is 6.54 Å². The van der Waals surface area contributed by atoms with Gasteiger partial charge < -0.3 is 10.6 Å². The molecule has 0 saturated heterocycles. The number of halogens is 1. The van der Waals surface area contributed by atoms with E-state index in [0.29, 0.717) is 5.56 Å². The summed E-state index contributed by atoms with van der Waals surface area (Å²) in [6.45, 7) is 6.30. The van der Waals surface area contributed by atoms with E-state index >= 15 is 0 Å². The van der Waals surface area contributed by atoms with E-state index in [2.05, 4.69) is 18.7 Å². The van der Waals surface area contributed by atoms with Crippen LogP contribution in [0.25, 0.3) is 0 Å². The molecule has 0 aliphatic heterocycles. The molecule has 2 nitrogen and oxygen atoms in total. The molecule has 84 valence electrons. The molecule has 0 aromatic heterocycles. The molecule has 1 aromatic carbocycles. The summed E-state index contributed by atoms with van der Waals surface area (Å²) in [6, 6.07) is 5.27. The van der Waals surface area contributed by atoms with Gasteiger partial charge in [-0.25, -0.2) is 4.39 Å². The van der Waals surface area contributed by atoms with E-state index in [4.69, 9.17) is 5.73 Å². The average Bonchev–Trinajstić information content (AvgIpc) is 2.25. The second-order valence-corrected chi connectivity index (χ2v) is 3.56. The van der Waals surface area contributed by atoms with Crippen molar-refractivity contribution in [2.45, 2.75) is 26.8 Å². The molecule has 3 heteroatoms. The summed E-state index contributed by atoms with van der Waals surface area (Å²) in [7, 11) is 0. The molecular formula is C12H19FN2. The summed E-state index contributed by atoms with van der Waals surface area (Å²) >= 11 is 0. The van der Waals surface area contributed by atoms with Crippen LogP contribution in [0.2, 0.25) is 0 Å². The minimum atomic E-state index is -0.204. The van der Waals surface area contributed by atoms with Crippen molar-refractivity contribution in [3.8, 4) is 0 Å². The molecule has 15 heavy (non-hydrogen) atoms. The number of nitrogens with two attached hydrogens (primary N) is 1. The standard InChI is InChI=1S/C12H19FN2/c1-3-7-15(4-2)11-6-5-10(9-14)12(13)8-11/h5-6,8H,3-4,7,9,14H2,1-2H3. The second kappa shape index (κ2) is 5.71. The van der Waals surface area contributed by atoms with Gasteiger partial charge in [0.25, 0.3) is 0 Å². The largest absolute Gasteiger partial charge is 0.372 e. The van der Waals surface area contributed by atoms with E-state index in [-0.39, 0.29) is 12.4 Å². The fourth-order valence-electron chi connectivity index (χ4n) is 1.64. The Morgan fingerprint density at radius 2 is 2.07 bits per heavy atom. The Hall–Kier alpha value is -1.09. The summed E-state index contributed by atoms with van der Waals surface area (Å²) in [5.74, 6) is -0.204. The fourth-order valence-corrected chi connectivity index (χ4v) is 1.64. The predicted molar refractivity (Wildman–Crippen MR) is 62.5 cm³/mol. The van der Waals surface area contributed by atoms with Crippen LogP contribution in [-0.4, -0.2) is 13.1 Å². The van der Waals surface area contributed by atoms with Crippen LogP contribution in [0.5, 0.6) is 0 Å². The molecule has 0 radical (unpaired) electrons. The highest BCUT2D eigenvalue weighted by molar-refractivity contribution is 5.48. The van der Waals surface area contributed by atoms with Crippen LogP contribution in [0.1, 0.15) is 25.8 Å². The summed E-state index contributed by atoms with van der Waals surface area (Å²) in [5, 5.41) is 0. The van der Waals surface area contributed by atoms with E-state index in [9.17, 15) is 4.39 Å². The molecule has 0 aliphatic carbocycles. The van der Waals surface area contributed by atoms with Gasteiger partial charge in [-0.1, -0.05) is 13.0 Å². The van der Waals surface area contributed by atoms with Crippen molar-refractivity contribution in [3.05, 3.63) is 29.6 Å². The minimum absolute atomic E-state index is 0.204. The quantitative estimate of drug-likeness (QED) is 0.809. The normalized spacial score (nSPS) is 10.4. The minimum Gasteiger partial charge on any atom is -0.372 e. The number of anilines is 1. The van der Waals surface area contributed by atoms with Crippen molar-refractivity contribution >= 4 is 5.69 Å². The first-order valence-corrected chi connectivity index (χ1v) is 5.46. The van der Waals surface area contributed by atoms with Gasteiger partial charge in [0.15, 0.2) is 0 Å². The zero-order valence-corrected chi connectivity index (χ0v) is 9.46. The molecule has 0 amide bonds. The van der Waals surface area contributed by atoms with Gasteiger partial charge in [0.05, 0.1) is 0 Å². The molecule has 0 fully saturated rings. The number of rotatable bonds is 5. The maximum Gasteiger partial charge on any atom is 0.129 e. The van der Waals surface area contributed by atoms with Gasteiger partial charge >= 0.3 is 0 Å². The summed E-state index contributed by atoms with van der Waals surface area (Å²) in [6.07, 6.45) is 1.06. The third-order valence-corrected chi connectivity index (χ3v) is 2.50. The first kappa shape index (κ1) is 12.0. The SMILES string of the molecule is CCCN(CC)c1ccc(CN)c(F)c1. The smallest absolute Gasteiger partial charge is 0.129 e. The van der Waals surface area contributed by atoms with Crippen molar-refractivity contribution in [2.24, 2.45) is 5.73 Å². The molecule has 0 aliphatic rings. The van der Waals surface area contributed by atoms with Gasteiger partial charge in [0, 0.05) is 30.9 Å². The highest BCUT2D eigenvalue weighted by atomic mass is 19.1. The fraction of sp³-hybridized carbons (Fsp3) is 0.500. The topological polar surface area (TPSA) is 29.3 Å². The van der Waals surface area contributed by atoms with Gasteiger partial charge in [0.2, 0.25) is 0 Å². The molecule has 2 N–H and O–H groups in total. The van der Waals surface area contributed by atoms with Crippen molar-refractivity contribution in [1.29, 1.82) is 0 Å². The zero-order chi connectivity index (χ0) is 11.3. The van der Waals surface area contributed by atoms with Crippen molar-refractivity contribution in [2.75, 3.05) is 18.0 Å². The van der Waals surface area contributed by atoms with Crippen LogP contribution in [0.4, 0.5) is 10.1 Å². The van der Waals surface area contributed by atoms with Crippen LogP contribution < -0.4 is 10.6 Å². The van der Waals surface area contributed by atoms with Crippen molar-refractivity contribution in [3.63, 3.8) is 0 Å². The number of benzene rings is 1. The molecule has 1 aromatic rings.